The van der Waals surface area contributed by atoms with Crippen molar-refractivity contribution >= 4 is 15.9 Å². The molecule has 0 saturated carbocycles. The minimum absolute atomic E-state index is 0.0369. The maximum Gasteiger partial charge on any atom is 0.204 e. The molecule has 72 valence electrons. The molecule has 0 aliphatic rings. The quantitative estimate of drug-likeness (QED) is 0.876. The first-order valence-corrected chi connectivity index (χ1v) is 4.20. The summed E-state index contributed by atoms with van der Waals surface area (Å²) in [6.07, 6.45) is 0. The first kappa shape index (κ1) is 10.1. The van der Waals surface area contributed by atoms with E-state index in [0.717, 1.165) is 6.07 Å². The van der Waals surface area contributed by atoms with Crippen LogP contribution in [0.4, 0.5) is 4.39 Å². The summed E-state index contributed by atoms with van der Waals surface area (Å²) in [4.78, 5) is 0. The molecule has 0 saturated heterocycles. The minimum Gasteiger partial charge on any atom is -0.503 e. The summed E-state index contributed by atoms with van der Waals surface area (Å²) in [5.41, 5.74) is 0. The Balaban J connectivity index is 3.39. The number of aromatic hydroxyl groups is 1. The lowest BCUT2D eigenvalue weighted by Crippen LogP contribution is -1.93. The number of ether oxygens (including phenoxy) is 2. The highest BCUT2D eigenvalue weighted by Crippen LogP contribution is 2.42. The Morgan fingerprint density at radius 2 is 2.00 bits per heavy atom. The SMILES string of the molecule is COc1cc(F)c(Br)c(O)c1OC. The lowest BCUT2D eigenvalue weighted by Gasteiger charge is -2.10. The van der Waals surface area contributed by atoms with Crippen LogP contribution >= 0.6 is 15.9 Å². The number of hydrogen-bond donors (Lipinski definition) is 1. The minimum atomic E-state index is -0.602. The van der Waals surface area contributed by atoms with E-state index in [1.54, 1.807) is 0 Å². The van der Waals surface area contributed by atoms with Crippen molar-refractivity contribution in [2.75, 3.05) is 14.2 Å². The molecule has 0 bridgehead atoms. The maximum atomic E-state index is 13.0. The molecular weight excluding hydrogens is 243 g/mol. The smallest absolute Gasteiger partial charge is 0.204 e. The van der Waals surface area contributed by atoms with E-state index >= 15 is 0 Å². The van der Waals surface area contributed by atoms with Crippen LogP contribution in [-0.2, 0) is 0 Å². The van der Waals surface area contributed by atoms with Crippen LogP contribution in [0.5, 0.6) is 17.2 Å². The molecule has 0 radical (unpaired) electrons. The van der Waals surface area contributed by atoms with Crippen LogP contribution in [0.15, 0.2) is 10.5 Å². The van der Waals surface area contributed by atoms with Crippen LogP contribution < -0.4 is 9.47 Å². The number of phenols is 1. The van der Waals surface area contributed by atoms with Crippen molar-refractivity contribution in [3.8, 4) is 17.2 Å². The Morgan fingerprint density at radius 1 is 1.38 bits per heavy atom. The second-order valence-corrected chi connectivity index (χ2v) is 3.05. The molecule has 1 rings (SSSR count). The molecule has 0 unspecified atom stereocenters. The van der Waals surface area contributed by atoms with Crippen LogP contribution in [0.2, 0.25) is 0 Å². The zero-order valence-electron chi connectivity index (χ0n) is 7.10. The molecule has 1 aromatic rings. The van der Waals surface area contributed by atoms with Gasteiger partial charge in [0.25, 0.3) is 0 Å². The lowest BCUT2D eigenvalue weighted by atomic mass is 10.3. The second kappa shape index (κ2) is 3.83. The summed E-state index contributed by atoms with van der Waals surface area (Å²) in [7, 11) is 2.73. The number of rotatable bonds is 2. The highest BCUT2D eigenvalue weighted by molar-refractivity contribution is 9.10. The van der Waals surface area contributed by atoms with Crippen molar-refractivity contribution in [2.24, 2.45) is 0 Å². The Bertz CT molecular complexity index is 328. The van der Waals surface area contributed by atoms with Gasteiger partial charge in [0.05, 0.1) is 18.7 Å². The Labute approximate surface area is 83.2 Å². The fourth-order valence-corrected chi connectivity index (χ4v) is 1.22. The summed E-state index contributed by atoms with van der Waals surface area (Å²) in [5, 5.41) is 9.40. The van der Waals surface area contributed by atoms with E-state index in [1.165, 1.54) is 14.2 Å². The molecule has 0 amide bonds. The monoisotopic (exact) mass is 250 g/mol. The van der Waals surface area contributed by atoms with E-state index in [-0.39, 0.29) is 21.7 Å². The van der Waals surface area contributed by atoms with Crippen molar-refractivity contribution in [2.45, 2.75) is 0 Å². The van der Waals surface area contributed by atoms with Crippen molar-refractivity contribution in [3.63, 3.8) is 0 Å². The van der Waals surface area contributed by atoms with E-state index in [4.69, 9.17) is 9.47 Å². The average Bonchev–Trinajstić information content (AvgIpc) is 2.13. The van der Waals surface area contributed by atoms with Gasteiger partial charge in [0.2, 0.25) is 5.75 Å². The van der Waals surface area contributed by atoms with Crippen LogP contribution in [0.3, 0.4) is 0 Å². The number of hydrogen-bond acceptors (Lipinski definition) is 3. The van der Waals surface area contributed by atoms with Crippen molar-refractivity contribution in [1.82, 2.24) is 0 Å². The number of phenolic OH excluding ortho intramolecular Hbond substituents is 1. The average molecular weight is 251 g/mol. The summed E-state index contributed by atoms with van der Waals surface area (Å²) < 4.78 is 22.6. The molecule has 5 heteroatoms. The van der Waals surface area contributed by atoms with Gasteiger partial charge in [-0.2, -0.15) is 0 Å². The first-order valence-electron chi connectivity index (χ1n) is 3.40. The van der Waals surface area contributed by atoms with Crippen molar-refractivity contribution < 1.29 is 19.0 Å². The molecule has 1 N–H and O–H groups in total. The predicted octanol–water partition coefficient (Wildman–Crippen LogP) is 2.31. The van der Waals surface area contributed by atoms with Gasteiger partial charge in [-0.05, 0) is 15.9 Å². The number of benzene rings is 1. The van der Waals surface area contributed by atoms with Gasteiger partial charge < -0.3 is 14.6 Å². The van der Waals surface area contributed by atoms with Gasteiger partial charge in [-0.3, -0.25) is 0 Å². The molecule has 0 aliphatic heterocycles. The van der Waals surface area contributed by atoms with E-state index in [1.807, 2.05) is 0 Å². The molecule has 0 fully saturated rings. The standard InChI is InChI=1S/C8H8BrFO3/c1-12-5-3-4(10)6(9)7(11)8(5)13-2/h3,11H,1-2H3. The van der Waals surface area contributed by atoms with Gasteiger partial charge in [0.15, 0.2) is 11.5 Å². The molecule has 0 spiro atoms. The molecule has 3 nitrogen and oxygen atoms in total. The predicted molar refractivity (Wildman–Crippen MR) is 48.9 cm³/mol. The van der Waals surface area contributed by atoms with Crippen molar-refractivity contribution in [3.05, 3.63) is 16.4 Å². The highest BCUT2D eigenvalue weighted by Gasteiger charge is 2.17. The van der Waals surface area contributed by atoms with Gasteiger partial charge >= 0.3 is 0 Å². The molecule has 13 heavy (non-hydrogen) atoms. The topological polar surface area (TPSA) is 38.7 Å². The third-order valence-electron chi connectivity index (χ3n) is 1.54. The highest BCUT2D eigenvalue weighted by atomic mass is 79.9. The molecule has 0 heterocycles. The summed E-state index contributed by atoms with van der Waals surface area (Å²) in [6, 6.07) is 1.13. The normalized spacial score (nSPS) is 9.85. The summed E-state index contributed by atoms with van der Waals surface area (Å²) in [5.74, 6) is -0.647. The first-order chi connectivity index (χ1) is 6.11. The van der Waals surface area contributed by atoms with Gasteiger partial charge in [-0.15, -0.1) is 0 Å². The van der Waals surface area contributed by atoms with E-state index in [0.29, 0.717) is 0 Å². The Kier molecular flexibility index (Phi) is 2.98. The van der Waals surface area contributed by atoms with Gasteiger partial charge in [0.1, 0.15) is 5.82 Å². The lowest BCUT2D eigenvalue weighted by molar-refractivity contribution is 0.328. The van der Waals surface area contributed by atoms with Gasteiger partial charge in [0, 0.05) is 6.07 Å². The molecule has 0 aliphatic carbocycles. The summed E-state index contributed by atoms with van der Waals surface area (Å²) in [6.45, 7) is 0. The second-order valence-electron chi connectivity index (χ2n) is 2.26. The third kappa shape index (κ3) is 1.70. The fourth-order valence-electron chi connectivity index (χ4n) is 0.922. The zero-order chi connectivity index (χ0) is 10.0. The van der Waals surface area contributed by atoms with Crippen molar-refractivity contribution in [1.29, 1.82) is 0 Å². The van der Waals surface area contributed by atoms with Gasteiger partial charge in [-0.25, -0.2) is 4.39 Å². The van der Waals surface area contributed by atoms with Crippen LogP contribution in [0.25, 0.3) is 0 Å². The fraction of sp³-hybridized carbons (Fsp3) is 0.250. The zero-order valence-corrected chi connectivity index (χ0v) is 8.68. The summed E-state index contributed by atoms with van der Waals surface area (Å²) >= 11 is 2.87. The molecule has 0 aromatic heterocycles. The molecule has 0 atom stereocenters. The molecular formula is C8H8BrFO3. The van der Waals surface area contributed by atoms with E-state index in [2.05, 4.69) is 15.9 Å². The van der Waals surface area contributed by atoms with Gasteiger partial charge in [-0.1, -0.05) is 0 Å². The van der Waals surface area contributed by atoms with E-state index < -0.39 is 5.82 Å². The maximum absolute atomic E-state index is 13.0. The largest absolute Gasteiger partial charge is 0.503 e. The van der Waals surface area contributed by atoms with Crippen LogP contribution in [0, 0.1) is 5.82 Å². The Hall–Kier alpha value is -0.970. The number of halogens is 2. The molecule has 1 aromatic carbocycles. The van der Waals surface area contributed by atoms with E-state index in [9.17, 15) is 9.50 Å². The number of methoxy groups -OCH3 is 2. The Morgan fingerprint density at radius 3 is 2.46 bits per heavy atom. The van der Waals surface area contributed by atoms with Crippen LogP contribution in [-0.4, -0.2) is 19.3 Å². The van der Waals surface area contributed by atoms with Crippen LogP contribution in [0.1, 0.15) is 0 Å². The third-order valence-corrected chi connectivity index (χ3v) is 2.29.